The predicted octanol–water partition coefficient (Wildman–Crippen LogP) is 2.94. The Morgan fingerprint density at radius 3 is 2.75 bits per heavy atom. The molecule has 0 atom stereocenters. The molecule has 1 aromatic heterocycles. The summed E-state index contributed by atoms with van der Waals surface area (Å²) in [7, 11) is 0. The summed E-state index contributed by atoms with van der Waals surface area (Å²) in [6, 6.07) is 8.85. The number of benzene rings is 1. The molecule has 20 heavy (non-hydrogen) atoms. The Labute approximate surface area is 120 Å². The van der Waals surface area contributed by atoms with E-state index in [1.807, 2.05) is 6.07 Å². The number of rotatable bonds is 2. The van der Waals surface area contributed by atoms with Crippen LogP contribution < -0.4 is 11.1 Å². The number of hydrogen-bond donors (Lipinski definition) is 2. The zero-order valence-electron chi connectivity index (χ0n) is 10.8. The van der Waals surface area contributed by atoms with Crippen molar-refractivity contribution in [2.75, 3.05) is 11.1 Å². The van der Waals surface area contributed by atoms with Gasteiger partial charge in [-0.05, 0) is 49.1 Å². The van der Waals surface area contributed by atoms with Gasteiger partial charge in [0.25, 0.3) is 5.91 Å². The van der Waals surface area contributed by atoms with Gasteiger partial charge in [0.1, 0.15) is 0 Å². The molecular formula is C15H13N3OS. The fourth-order valence-electron chi connectivity index (χ4n) is 2.50. The number of thiophene rings is 1. The molecule has 0 spiro atoms. The number of carbonyl (C=O) groups excluding carboxylic acids is 1. The maximum absolute atomic E-state index is 12.4. The van der Waals surface area contributed by atoms with Crippen molar-refractivity contribution in [1.82, 2.24) is 0 Å². The second-order valence-corrected chi connectivity index (χ2v) is 5.88. The summed E-state index contributed by atoms with van der Waals surface area (Å²) in [4.78, 5) is 13.6. The fourth-order valence-corrected chi connectivity index (χ4v) is 3.65. The minimum Gasteiger partial charge on any atom is -0.390 e. The lowest BCUT2D eigenvalue weighted by atomic mass is 10.1. The first-order valence-electron chi connectivity index (χ1n) is 6.40. The van der Waals surface area contributed by atoms with Crippen LogP contribution >= 0.6 is 11.3 Å². The molecule has 4 nitrogen and oxygen atoms in total. The van der Waals surface area contributed by atoms with Crippen LogP contribution in [0.1, 0.15) is 32.8 Å². The normalized spacial score (nSPS) is 12.8. The van der Waals surface area contributed by atoms with E-state index >= 15 is 0 Å². The average Bonchev–Trinajstić information content (AvgIpc) is 2.99. The number of fused-ring (bicyclic) bond motifs is 1. The Morgan fingerprint density at radius 2 is 2.05 bits per heavy atom. The molecule has 1 aliphatic rings. The number of amides is 1. The number of nitrogens with zero attached hydrogens (tertiary/aromatic N) is 1. The molecule has 1 heterocycles. The monoisotopic (exact) mass is 283 g/mol. The van der Waals surface area contributed by atoms with Gasteiger partial charge < -0.3 is 11.1 Å². The van der Waals surface area contributed by atoms with E-state index in [1.54, 1.807) is 24.3 Å². The van der Waals surface area contributed by atoms with E-state index in [-0.39, 0.29) is 5.91 Å². The lowest BCUT2D eigenvalue weighted by Crippen LogP contribution is -2.14. The van der Waals surface area contributed by atoms with Gasteiger partial charge in [-0.3, -0.25) is 4.79 Å². The van der Waals surface area contributed by atoms with Crippen LogP contribution in [0, 0.1) is 11.3 Å². The molecule has 0 saturated carbocycles. The number of aryl methyl sites for hydroxylation is 1. The Bertz CT molecular complexity index is 710. The van der Waals surface area contributed by atoms with E-state index in [9.17, 15) is 4.79 Å². The summed E-state index contributed by atoms with van der Waals surface area (Å²) in [6.45, 7) is 0. The van der Waals surface area contributed by atoms with Gasteiger partial charge in [0, 0.05) is 10.6 Å². The van der Waals surface area contributed by atoms with Gasteiger partial charge in [0.15, 0.2) is 0 Å². The van der Waals surface area contributed by atoms with Crippen molar-refractivity contribution in [2.45, 2.75) is 19.3 Å². The van der Waals surface area contributed by atoms with Gasteiger partial charge in [-0.2, -0.15) is 5.26 Å². The highest BCUT2D eigenvalue weighted by Crippen LogP contribution is 2.37. The number of hydrogen-bond acceptors (Lipinski definition) is 4. The van der Waals surface area contributed by atoms with Crippen molar-refractivity contribution >= 4 is 27.9 Å². The molecule has 0 radical (unpaired) electrons. The largest absolute Gasteiger partial charge is 0.390 e. The number of nitriles is 1. The summed E-state index contributed by atoms with van der Waals surface area (Å²) in [5.41, 5.74) is 8.95. The van der Waals surface area contributed by atoms with Crippen LogP contribution in [0.2, 0.25) is 0 Å². The van der Waals surface area contributed by atoms with Gasteiger partial charge in [0.05, 0.1) is 22.2 Å². The summed E-state index contributed by atoms with van der Waals surface area (Å²) >= 11 is 1.52. The highest BCUT2D eigenvalue weighted by molar-refractivity contribution is 7.16. The van der Waals surface area contributed by atoms with Crippen LogP contribution in [0.15, 0.2) is 24.3 Å². The molecule has 2 aromatic rings. The number of anilines is 2. The van der Waals surface area contributed by atoms with Crippen LogP contribution in [-0.4, -0.2) is 5.91 Å². The lowest BCUT2D eigenvalue weighted by molar-refractivity contribution is 0.102. The third-order valence-electron chi connectivity index (χ3n) is 3.45. The van der Waals surface area contributed by atoms with Gasteiger partial charge in [0.2, 0.25) is 0 Å². The highest BCUT2D eigenvalue weighted by Gasteiger charge is 2.25. The molecule has 0 saturated heterocycles. The average molecular weight is 283 g/mol. The summed E-state index contributed by atoms with van der Waals surface area (Å²) in [6.07, 6.45) is 3.05. The summed E-state index contributed by atoms with van der Waals surface area (Å²) in [5, 5.41) is 12.2. The maximum Gasteiger partial charge on any atom is 0.258 e. The molecule has 1 amide bonds. The van der Waals surface area contributed by atoms with Crippen LogP contribution in [0.4, 0.5) is 10.7 Å². The molecule has 0 fully saturated rings. The van der Waals surface area contributed by atoms with Crippen LogP contribution in [0.3, 0.4) is 0 Å². The van der Waals surface area contributed by atoms with Crippen LogP contribution in [0.25, 0.3) is 0 Å². The first-order chi connectivity index (χ1) is 9.69. The maximum atomic E-state index is 12.4. The molecule has 0 aliphatic heterocycles. The minimum atomic E-state index is -0.161. The summed E-state index contributed by atoms with van der Waals surface area (Å²) in [5.74, 6) is -0.161. The second-order valence-electron chi connectivity index (χ2n) is 4.74. The molecule has 100 valence electrons. The van der Waals surface area contributed by atoms with Crippen molar-refractivity contribution in [3.8, 4) is 6.07 Å². The molecule has 1 aliphatic carbocycles. The third-order valence-corrected chi connectivity index (χ3v) is 4.57. The van der Waals surface area contributed by atoms with Gasteiger partial charge >= 0.3 is 0 Å². The smallest absolute Gasteiger partial charge is 0.258 e. The zero-order valence-corrected chi connectivity index (χ0v) is 11.6. The van der Waals surface area contributed by atoms with Crippen molar-refractivity contribution in [1.29, 1.82) is 5.26 Å². The van der Waals surface area contributed by atoms with Gasteiger partial charge in [-0.15, -0.1) is 11.3 Å². The first kappa shape index (κ1) is 12.7. The highest BCUT2D eigenvalue weighted by atomic mass is 32.1. The molecule has 3 N–H and O–H groups in total. The Kier molecular flexibility index (Phi) is 3.17. The van der Waals surface area contributed by atoms with Gasteiger partial charge in [-0.1, -0.05) is 0 Å². The Balaban J connectivity index is 1.84. The Morgan fingerprint density at radius 1 is 1.30 bits per heavy atom. The predicted molar refractivity (Wildman–Crippen MR) is 79.9 cm³/mol. The van der Waals surface area contributed by atoms with E-state index in [1.165, 1.54) is 16.2 Å². The molecule has 3 rings (SSSR count). The Hall–Kier alpha value is -2.32. The second kappa shape index (κ2) is 4.99. The zero-order chi connectivity index (χ0) is 14.1. The number of carbonyl (C=O) groups is 1. The number of nitrogen functional groups attached to an aromatic ring is 1. The van der Waals surface area contributed by atoms with Crippen LogP contribution in [-0.2, 0) is 12.8 Å². The molecule has 0 unspecified atom stereocenters. The van der Waals surface area contributed by atoms with Crippen molar-refractivity contribution in [3.05, 3.63) is 45.8 Å². The van der Waals surface area contributed by atoms with E-state index in [2.05, 4.69) is 5.32 Å². The molecule has 1 aromatic carbocycles. The number of nitrogens with one attached hydrogen (secondary N) is 1. The first-order valence-corrected chi connectivity index (χ1v) is 7.22. The number of nitrogens with two attached hydrogens (primary N) is 1. The third kappa shape index (κ3) is 2.15. The van der Waals surface area contributed by atoms with Crippen molar-refractivity contribution in [3.63, 3.8) is 0 Å². The van der Waals surface area contributed by atoms with E-state index in [0.717, 1.165) is 24.8 Å². The minimum absolute atomic E-state index is 0.161. The van der Waals surface area contributed by atoms with Gasteiger partial charge in [-0.25, -0.2) is 0 Å². The van der Waals surface area contributed by atoms with Crippen LogP contribution in [0.5, 0.6) is 0 Å². The van der Waals surface area contributed by atoms with E-state index in [4.69, 9.17) is 11.0 Å². The topological polar surface area (TPSA) is 78.9 Å². The quantitative estimate of drug-likeness (QED) is 0.889. The SMILES string of the molecule is N#Cc1ccc(NC(=O)c2c(N)sc3c2CCC3)cc1. The standard InChI is InChI=1S/C15H13N3OS/c16-8-9-4-6-10(7-5-9)18-15(19)13-11-2-1-3-12(11)20-14(13)17/h4-7H,1-3,17H2,(H,18,19). The lowest BCUT2D eigenvalue weighted by Gasteiger charge is -2.06. The van der Waals surface area contributed by atoms with E-state index in [0.29, 0.717) is 21.8 Å². The molecule has 5 heteroatoms. The van der Waals surface area contributed by atoms with E-state index < -0.39 is 0 Å². The summed E-state index contributed by atoms with van der Waals surface area (Å²) < 4.78 is 0. The molecule has 0 bridgehead atoms. The van der Waals surface area contributed by atoms with Crippen molar-refractivity contribution in [2.24, 2.45) is 0 Å². The molecular weight excluding hydrogens is 270 g/mol. The van der Waals surface area contributed by atoms with Crippen molar-refractivity contribution < 1.29 is 4.79 Å². The fraction of sp³-hybridized carbons (Fsp3) is 0.200.